The van der Waals surface area contributed by atoms with E-state index in [2.05, 4.69) is 30.2 Å². The summed E-state index contributed by atoms with van der Waals surface area (Å²) in [7, 11) is -7.08. The van der Waals surface area contributed by atoms with Crippen LogP contribution in [0.1, 0.15) is 38.8 Å². The first-order chi connectivity index (χ1) is 30.3. The number of aliphatic hydroxyl groups is 2. The summed E-state index contributed by atoms with van der Waals surface area (Å²) < 4.78 is 56.4. The van der Waals surface area contributed by atoms with Gasteiger partial charge in [-0.25, -0.2) is 16.8 Å². The van der Waals surface area contributed by atoms with Crippen LogP contribution in [0.3, 0.4) is 0 Å². The van der Waals surface area contributed by atoms with E-state index in [9.17, 15) is 36.6 Å². The zero-order valence-corrected chi connectivity index (χ0v) is 40.1. The highest BCUT2D eigenvalue weighted by atomic mass is 32.3. The highest BCUT2D eigenvalue weighted by Crippen LogP contribution is 2.31. The largest absolute Gasteiger partial charge is 0.386 e. The molecule has 4 saturated heterocycles. The smallest absolute Gasteiger partial charge is 0.252 e. The van der Waals surface area contributed by atoms with Crippen molar-refractivity contribution in [2.75, 3.05) is 101 Å². The molecule has 4 aliphatic heterocycles. The third-order valence-corrected chi connectivity index (χ3v) is 18.5. The Morgan fingerprint density at radius 1 is 0.578 bits per heavy atom. The second-order valence-corrected chi connectivity index (χ2v) is 23.9. The number of carbonyl (C=O) groups excluding carboxylic acids is 2. The molecule has 0 saturated carbocycles. The molecule has 0 radical (unpaired) electrons. The molecule has 0 aliphatic carbocycles. The minimum Gasteiger partial charge on any atom is -0.386 e. The van der Waals surface area contributed by atoms with Gasteiger partial charge in [0.1, 0.15) is 8.42 Å². The topological polar surface area (TPSA) is 186 Å². The van der Waals surface area contributed by atoms with Crippen LogP contribution in [-0.4, -0.2) is 161 Å². The van der Waals surface area contributed by atoms with Gasteiger partial charge >= 0.3 is 0 Å². The number of nitrogens with zero attached hydrogens (tertiary/aromatic N) is 6. The molecule has 8 rings (SSSR count). The number of nitrogens with one attached hydrogen (secondary N) is 2. The normalized spacial score (nSPS) is 21.5. The monoisotopic (exact) mass is 956 g/mol. The maximum atomic E-state index is 13.1. The molecule has 64 heavy (non-hydrogen) atoms. The Labute approximate surface area is 385 Å². The quantitative estimate of drug-likeness (QED) is 0.163. The van der Waals surface area contributed by atoms with Crippen molar-refractivity contribution in [2.24, 2.45) is 0 Å². The van der Waals surface area contributed by atoms with Gasteiger partial charge in [0.15, 0.2) is 0 Å². The van der Waals surface area contributed by atoms with Gasteiger partial charge in [0.2, 0.25) is 11.8 Å². The molecule has 16 nitrogen and oxygen atoms in total. The average molecular weight is 957 g/mol. The Kier molecular flexibility index (Phi) is 14.9. The van der Waals surface area contributed by atoms with Gasteiger partial charge in [-0.15, -0.1) is 22.7 Å². The van der Waals surface area contributed by atoms with Gasteiger partial charge in [0.25, 0.3) is 20.0 Å². The number of amides is 2. The van der Waals surface area contributed by atoms with Crippen LogP contribution in [-0.2, 0) is 40.8 Å². The summed E-state index contributed by atoms with van der Waals surface area (Å²) in [5.74, 6) is -0.00703. The summed E-state index contributed by atoms with van der Waals surface area (Å²) in [6.07, 6.45) is 0. The molecule has 0 spiro atoms. The van der Waals surface area contributed by atoms with Crippen LogP contribution >= 0.6 is 22.7 Å². The first-order valence-corrected chi connectivity index (χ1v) is 26.2. The maximum absolute atomic E-state index is 13.1. The Bertz CT molecular complexity index is 2240. The van der Waals surface area contributed by atoms with Gasteiger partial charge in [-0.2, -0.15) is 8.61 Å². The maximum Gasteiger partial charge on any atom is 0.252 e. The van der Waals surface area contributed by atoms with Crippen molar-refractivity contribution in [3.63, 3.8) is 0 Å². The number of hydrogen-bond acceptors (Lipinski definition) is 14. The first kappa shape index (κ1) is 48.0. The molecule has 4 aliphatic rings. The fourth-order valence-corrected chi connectivity index (χ4v) is 13.8. The number of rotatable bonds is 12. The Hall–Kier alpha value is -3.96. The Morgan fingerprint density at radius 3 is 1.27 bits per heavy atom. The molecule has 0 bridgehead atoms. The lowest BCUT2D eigenvalue weighted by Crippen LogP contribution is -2.60. The highest BCUT2D eigenvalue weighted by molar-refractivity contribution is 7.91. The SMILES string of the molecule is CC(C)(O)c1ccc(N2CCN(S(=O)(=O)c3cccs3)C[C@@H]2CN2CCNC(=O)C2)cc1.CC(C)(O)c1ccc(N2CCN(S(=O)(=O)c3cccs3)C[C@@H]2CN2CCNC(=O)C2)cc1. The fraction of sp³-hybridized carbons (Fsp3) is 0.500. The lowest BCUT2D eigenvalue weighted by molar-refractivity contribution is -0.125. The van der Waals surface area contributed by atoms with E-state index in [-0.39, 0.29) is 23.9 Å². The van der Waals surface area contributed by atoms with Crippen LogP contribution in [0.2, 0.25) is 0 Å². The van der Waals surface area contributed by atoms with Crippen molar-refractivity contribution >= 4 is 65.9 Å². The number of anilines is 2. The highest BCUT2D eigenvalue weighted by Gasteiger charge is 2.38. The van der Waals surface area contributed by atoms with E-state index in [0.717, 1.165) is 35.6 Å². The van der Waals surface area contributed by atoms with E-state index in [0.29, 0.717) is 87.0 Å². The molecule has 348 valence electrons. The number of benzene rings is 2. The summed E-state index contributed by atoms with van der Waals surface area (Å²) >= 11 is 2.46. The van der Waals surface area contributed by atoms with Gasteiger partial charge in [-0.1, -0.05) is 36.4 Å². The molecule has 2 aromatic carbocycles. The van der Waals surface area contributed by atoms with Crippen molar-refractivity contribution in [3.8, 4) is 0 Å². The zero-order chi connectivity index (χ0) is 45.9. The van der Waals surface area contributed by atoms with Crippen molar-refractivity contribution in [2.45, 2.75) is 59.4 Å². The molecule has 2 atom stereocenters. The van der Waals surface area contributed by atoms with Gasteiger partial charge < -0.3 is 30.6 Å². The van der Waals surface area contributed by atoms with Gasteiger partial charge in [0, 0.05) is 89.9 Å². The molecule has 2 amide bonds. The third-order valence-electron chi connectivity index (χ3n) is 12.1. The fourth-order valence-electron chi connectivity index (χ4n) is 8.57. The van der Waals surface area contributed by atoms with Gasteiger partial charge in [-0.05, 0) is 86.0 Å². The van der Waals surface area contributed by atoms with Crippen molar-refractivity contribution in [3.05, 3.63) is 94.7 Å². The number of piperazine rings is 4. The molecule has 6 heterocycles. The molecule has 4 aromatic rings. The standard InChI is InChI=1S/2C22H30N4O4S2/c2*1-22(2,28)17-5-7-18(8-6-17)26-12-11-25(32(29,30)21-4-3-13-31-21)15-19(26)14-24-10-9-23-20(27)16-24/h2*3-8,13,19,28H,9-12,14-16H2,1-2H3,(H,23,27)/t2*19-/m00/s1. The van der Waals surface area contributed by atoms with Crippen molar-refractivity contribution < 1.29 is 36.6 Å². The van der Waals surface area contributed by atoms with Crippen molar-refractivity contribution in [1.82, 2.24) is 29.0 Å². The summed E-state index contributed by atoms with van der Waals surface area (Å²) in [5, 5.41) is 29.8. The zero-order valence-electron chi connectivity index (χ0n) is 36.8. The van der Waals surface area contributed by atoms with E-state index in [1.807, 2.05) is 48.5 Å². The van der Waals surface area contributed by atoms with Crippen LogP contribution < -0.4 is 20.4 Å². The molecule has 0 unspecified atom stereocenters. The molecular weight excluding hydrogens is 897 g/mol. The van der Waals surface area contributed by atoms with Crippen LogP contribution in [0.25, 0.3) is 0 Å². The van der Waals surface area contributed by atoms with E-state index in [1.165, 1.54) is 22.7 Å². The predicted molar refractivity (Wildman–Crippen MR) is 251 cm³/mol. The minimum absolute atomic E-state index is 0.00352. The molecule has 4 fully saturated rings. The molecule has 20 heteroatoms. The van der Waals surface area contributed by atoms with Crippen LogP contribution in [0.5, 0.6) is 0 Å². The Morgan fingerprint density at radius 2 is 0.953 bits per heavy atom. The Balaban J connectivity index is 0.000000191. The van der Waals surface area contributed by atoms with E-state index in [4.69, 9.17) is 0 Å². The van der Waals surface area contributed by atoms with E-state index < -0.39 is 31.2 Å². The second kappa shape index (κ2) is 19.9. The van der Waals surface area contributed by atoms with Crippen LogP contribution in [0.15, 0.2) is 92.0 Å². The number of hydrogen-bond donors (Lipinski definition) is 4. The van der Waals surface area contributed by atoms with Crippen LogP contribution in [0, 0.1) is 0 Å². The van der Waals surface area contributed by atoms with E-state index >= 15 is 0 Å². The van der Waals surface area contributed by atoms with Crippen LogP contribution in [0.4, 0.5) is 11.4 Å². The lowest BCUT2D eigenvalue weighted by atomic mass is 9.98. The number of carbonyl (C=O) groups is 2. The molecule has 4 N–H and O–H groups in total. The molecular formula is C44H60N8O8S4. The van der Waals surface area contributed by atoms with Gasteiger partial charge in [-0.3, -0.25) is 19.4 Å². The first-order valence-electron chi connectivity index (χ1n) is 21.5. The van der Waals surface area contributed by atoms with E-state index in [1.54, 1.807) is 71.3 Å². The number of sulfonamides is 2. The summed E-state index contributed by atoms with van der Waals surface area (Å²) in [5.41, 5.74) is 1.77. The lowest BCUT2D eigenvalue weighted by Gasteiger charge is -2.44. The molecule has 2 aromatic heterocycles. The average Bonchev–Trinajstić information content (AvgIpc) is 4.01. The predicted octanol–water partition coefficient (Wildman–Crippen LogP) is 2.57. The van der Waals surface area contributed by atoms with Crippen molar-refractivity contribution in [1.29, 1.82) is 0 Å². The summed E-state index contributed by atoms with van der Waals surface area (Å²) in [6, 6.07) is 22.2. The summed E-state index contributed by atoms with van der Waals surface area (Å²) in [6.45, 7) is 14.1. The second-order valence-electron chi connectivity index (χ2n) is 17.7. The third kappa shape index (κ3) is 11.5. The number of thiophene rings is 2. The summed E-state index contributed by atoms with van der Waals surface area (Å²) in [4.78, 5) is 32.4. The minimum atomic E-state index is -3.54. The van der Waals surface area contributed by atoms with Gasteiger partial charge in [0.05, 0.1) is 36.4 Å².